The van der Waals surface area contributed by atoms with Crippen molar-refractivity contribution in [2.45, 2.75) is 114 Å². The number of carbonyl (C=O) groups is 6. The minimum absolute atomic E-state index is 0.137. The van der Waals surface area contributed by atoms with Crippen molar-refractivity contribution in [3.63, 3.8) is 0 Å². The normalized spacial score (nSPS) is 21.9. The van der Waals surface area contributed by atoms with E-state index in [4.69, 9.17) is 62.8 Å². The van der Waals surface area contributed by atoms with E-state index in [9.17, 15) is 28.8 Å². The van der Waals surface area contributed by atoms with Crippen LogP contribution in [0, 0.1) is 0 Å². The Balaban J connectivity index is 3.94. The second kappa shape index (κ2) is 24.7. The largest absolute Gasteiger partial charge is 0.454 e. The third-order valence-electron chi connectivity index (χ3n) is 7.06. The Morgan fingerprint density at radius 1 is 0.292 bits per heavy atom. The zero-order valence-corrected chi connectivity index (χ0v) is 27.6. The van der Waals surface area contributed by atoms with Crippen LogP contribution in [0.1, 0.15) is 77.0 Å². The van der Waals surface area contributed by atoms with Gasteiger partial charge in [-0.25, -0.2) is 0 Å². The second-order valence-corrected chi connectivity index (χ2v) is 11.1. The molecule has 0 aliphatic heterocycles. The molecule has 18 nitrogen and oxygen atoms in total. The highest BCUT2D eigenvalue weighted by Gasteiger charge is 2.61. The molecule has 0 atom stereocenters. The van der Waals surface area contributed by atoms with Gasteiger partial charge < -0.3 is 62.8 Å². The van der Waals surface area contributed by atoms with Gasteiger partial charge in [-0.15, -0.1) is 0 Å². The number of esters is 6. The molecule has 1 saturated carbocycles. The molecular weight excluding hydrogens is 636 g/mol. The van der Waals surface area contributed by atoms with Crippen molar-refractivity contribution in [3.8, 4) is 0 Å². The Bertz CT molecular complexity index is 805. The van der Waals surface area contributed by atoms with Crippen molar-refractivity contribution in [2.24, 2.45) is 34.4 Å². The summed E-state index contributed by atoms with van der Waals surface area (Å²) in [5.74, 6) is -5.02. The predicted octanol–water partition coefficient (Wildman–Crippen LogP) is -2.10. The Hall–Kier alpha value is -3.42. The quantitative estimate of drug-likeness (QED) is 0.0467. The number of hydrogen-bond acceptors (Lipinski definition) is 18. The lowest BCUT2D eigenvalue weighted by molar-refractivity contribution is -0.261. The van der Waals surface area contributed by atoms with E-state index in [0.29, 0.717) is 0 Å². The van der Waals surface area contributed by atoms with E-state index in [1.165, 1.54) is 0 Å². The maximum Gasteiger partial charge on any atom is 0.306 e. The SMILES string of the molecule is NCCCC(=O)OC1C(OC(=O)CCCN)C(OC(=O)CCCN)C(OC(=O)CCCN)C(OC(=O)CCCN)C1OC(=O)CCCN. The van der Waals surface area contributed by atoms with Crippen LogP contribution in [0.25, 0.3) is 0 Å². The topological polar surface area (TPSA) is 314 Å². The molecule has 0 heterocycles. The fraction of sp³-hybridized carbons (Fsp3) is 0.800. The van der Waals surface area contributed by atoms with E-state index < -0.39 is 72.4 Å². The molecule has 1 aliphatic rings. The molecule has 1 rings (SSSR count). The smallest absolute Gasteiger partial charge is 0.306 e. The molecule has 0 saturated heterocycles. The minimum atomic E-state index is -1.71. The first-order chi connectivity index (χ1) is 23.1. The van der Waals surface area contributed by atoms with Gasteiger partial charge in [0, 0.05) is 38.5 Å². The van der Waals surface area contributed by atoms with Gasteiger partial charge in [0.05, 0.1) is 0 Å². The van der Waals surface area contributed by atoms with E-state index in [1.807, 2.05) is 0 Å². The van der Waals surface area contributed by atoms with Crippen LogP contribution in [-0.4, -0.2) is 112 Å². The van der Waals surface area contributed by atoms with Crippen LogP contribution in [0.3, 0.4) is 0 Å². The molecule has 0 bridgehead atoms. The summed E-state index contributed by atoms with van der Waals surface area (Å²) in [7, 11) is 0. The average Bonchev–Trinajstić information content (AvgIpc) is 3.06. The molecule has 1 aliphatic carbocycles. The maximum absolute atomic E-state index is 13.1. The lowest BCUT2D eigenvalue weighted by Gasteiger charge is -2.47. The molecular formula is C30H54N6O12. The van der Waals surface area contributed by atoms with Gasteiger partial charge in [-0.05, 0) is 77.8 Å². The Morgan fingerprint density at radius 3 is 0.521 bits per heavy atom. The Kier molecular flexibility index (Phi) is 21.9. The fourth-order valence-electron chi connectivity index (χ4n) is 4.67. The van der Waals surface area contributed by atoms with Gasteiger partial charge in [0.1, 0.15) is 0 Å². The number of hydrogen-bond donors (Lipinski definition) is 6. The van der Waals surface area contributed by atoms with E-state index in [0.717, 1.165) is 0 Å². The molecule has 276 valence electrons. The first kappa shape index (κ1) is 42.6. The summed E-state index contributed by atoms with van der Waals surface area (Å²) < 4.78 is 34.5. The van der Waals surface area contributed by atoms with E-state index >= 15 is 0 Å². The molecule has 0 amide bonds. The van der Waals surface area contributed by atoms with E-state index in [2.05, 4.69) is 0 Å². The molecule has 0 spiro atoms. The molecule has 12 N–H and O–H groups in total. The lowest BCUT2D eigenvalue weighted by atomic mass is 9.83. The van der Waals surface area contributed by atoms with E-state index in [-0.39, 0.29) is 116 Å². The van der Waals surface area contributed by atoms with Gasteiger partial charge in [-0.2, -0.15) is 0 Å². The number of ether oxygens (including phenoxy) is 6. The standard InChI is InChI=1S/C30H54N6O12/c31-13-1-7-19(37)43-25-26(44-20(38)8-2-14-32)28(46-22(40)10-4-16-34)30(48-24(42)12-6-18-36)29(47-23(41)11-5-17-35)27(25)45-21(39)9-3-15-33/h25-30H,1-18,31-36H2. The monoisotopic (exact) mass is 690 g/mol. The zero-order chi connectivity index (χ0) is 35.9. The van der Waals surface area contributed by atoms with Gasteiger partial charge in [0.2, 0.25) is 0 Å². The molecule has 1 fully saturated rings. The van der Waals surface area contributed by atoms with Gasteiger partial charge in [-0.3, -0.25) is 28.8 Å². The van der Waals surface area contributed by atoms with Crippen LogP contribution in [0.15, 0.2) is 0 Å². The highest BCUT2D eigenvalue weighted by molar-refractivity contribution is 5.74. The first-order valence-electron chi connectivity index (χ1n) is 16.4. The van der Waals surface area contributed by atoms with Gasteiger partial charge in [0.15, 0.2) is 36.6 Å². The van der Waals surface area contributed by atoms with Crippen LogP contribution in [0.4, 0.5) is 0 Å². The molecule has 0 unspecified atom stereocenters. The third-order valence-corrected chi connectivity index (χ3v) is 7.06. The third kappa shape index (κ3) is 15.7. The summed E-state index contributed by atoms with van der Waals surface area (Å²) >= 11 is 0. The van der Waals surface area contributed by atoms with Crippen LogP contribution in [-0.2, 0) is 57.2 Å². The highest BCUT2D eigenvalue weighted by Crippen LogP contribution is 2.36. The van der Waals surface area contributed by atoms with Crippen molar-refractivity contribution >= 4 is 35.8 Å². The second-order valence-electron chi connectivity index (χ2n) is 11.1. The Morgan fingerprint density at radius 2 is 0.417 bits per heavy atom. The molecule has 0 aromatic carbocycles. The zero-order valence-electron chi connectivity index (χ0n) is 27.6. The van der Waals surface area contributed by atoms with Gasteiger partial charge in [-0.1, -0.05) is 0 Å². The van der Waals surface area contributed by atoms with Crippen molar-refractivity contribution in [2.75, 3.05) is 39.3 Å². The van der Waals surface area contributed by atoms with Crippen LogP contribution >= 0.6 is 0 Å². The molecule has 0 aromatic heterocycles. The van der Waals surface area contributed by atoms with Crippen LogP contribution in [0.2, 0.25) is 0 Å². The summed E-state index contributed by atoms with van der Waals surface area (Å²) in [4.78, 5) is 78.4. The average molecular weight is 691 g/mol. The van der Waals surface area contributed by atoms with Gasteiger partial charge >= 0.3 is 35.8 Å². The van der Waals surface area contributed by atoms with Crippen LogP contribution in [0.5, 0.6) is 0 Å². The number of rotatable bonds is 24. The first-order valence-corrected chi connectivity index (χ1v) is 16.4. The van der Waals surface area contributed by atoms with Crippen molar-refractivity contribution < 1.29 is 57.2 Å². The summed E-state index contributed by atoms with van der Waals surface area (Å²) in [5.41, 5.74) is 33.4. The van der Waals surface area contributed by atoms with Gasteiger partial charge in [0.25, 0.3) is 0 Å². The summed E-state index contributed by atoms with van der Waals surface area (Å²) in [6, 6.07) is 0. The molecule has 0 radical (unpaired) electrons. The fourth-order valence-corrected chi connectivity index (χ4v) is 4.67. The molecule has 0 aromatic rings. The van der Waals surface area contributed by atoms with Crippen molar-refractivity contribution in [3.05, 3.63) is 0 Å². The number of carbonyl (C=O) groups excluding carboxylic acids is 6. The minimum Gasteiger partial charge on any atom is -0.454 e. The van der Waals surface area contributed by atoms with Crippen LogP contribution < -0.4 is 34.4 Å². The van der Waals surface area contributed by atoms with Crippen molar-refractivity contribution in [1.29, 1.82) is 0 Å². The molecule has 48 heavy (non-hydrogen) atoms. The van der Waals surface area contributed by atoms with E-state index in [1.54, 1.807) is 0 Å². The maximum atomic E-state index is 13.1. The molecule has 18 heteroatoms. The number of nitrogens with two attached hydrogens (primary N) is 6. The lowest BCUT2D eigenvalue weighted by Crippen LogP contribution is -2.69. The summed E-state index contributed by atoms with van der Waals surface area (Å²) in [6.45, 7) is 0.824. The Labute approximate surface area is 280 Å². The highest BCUT2D eigenvalue weighted by atomic mass is 16.7. The summed E-state index contributed by atoms with van der Waals surface area (Å²) in [5, 5.41) is 0. The summed E-state index contributed by atoms with van der Waals surface area (Å²) in [6.07, 6.45) is -10.1. The predicted molar refractivity (Wildman–Crippen MR) is 169 cm³/mol. The van der Waals surface area contributed by atoms with Crippen molar-refractivity contribution in [1.82, 2.24) is 0 Å².